The summed E-state index contributed by atoms with van der Waals surface area (Å²) < 4.78 is 10.8. The average Bonchev–Trinajstić information content (AvgIpc) is 2.84. The van der Waals surface area contributed by atoms with Crippen LogP contribution in [0.5, 0.6) is 0 Å². The summed E-state index contributed by atoms with van der Waals surface area (Å²) in [6.45, 7) is 10.8. The fraction of sp³-hybridized carbons (Fsp3) is 0.944. The van der Waals surface area contributed by atoms with E-state index in [1.54, 1.807) is 0 Å². The topological polar surface area (TPSA) is 32.8 Å². The van der Waals surface area contributed by atoms with Gasteiger partial charge in [-0.3, -0.25) is 0 Å². The number of fused-ring (bicyclic) bond motifs is 6. The van der Waals surface area contributed by atoms with Gasteiger partial charge in [0.1, 0.15) is 0 Å². The summed E-state index contributed by atoms with van der Waals surface area (Å²) in [5, 5.41) is 0. The Kier molecular flexibility index (Phi) is 5.51. The Morgan fingerprint density at radius 1 is 0.957 bits per heavy atom. The molecule has 0 saturated carbocycles. The van der Waals surface area contributed by atoms with E-state index in [0.29, 0.717) is 4.06 Å². The number of likely N-dealkylation sites (tertiary alicyclic amines) is 1. The molecular weight excluding hydrogens is 395 g/mol. The molecule has 1 amide bonds. The number of carbonyl (C=O) groups is 1. The Labute approximate surface area is 145 Å². The number of hydrogen-bond acceptors (Lipinski definition) is 3. The summed E-state index contributed by atoms with van der Waals surface area (Å²) >= 11 is -2.29. The summed E-state index contributed by atoms with van der Waals surface area (Å²) in [6, 6.07) is 0. The van der Waals surface area contributed by atoms with Gasteiger partial charge in [-0.15, -0.1) is 0 Å². The molecule has 0 spiro atoms. The van der Waals surface area contributed by atoms with Crippen molar-refractivity contribution in [1.82, 2.24) is 9.80 Å². The van der Waals surface area contributed by atoms with E-state index < -0.39 is 18.4 Å². The molecule has 4 aliphatic rings. The van der Waals surface area contributed by atoms with E-state index in [4.69, 9.17) is 4.74 Å². The summed E-state index contributed by atoms with van der Waals surface area (Å²) in [4.78, 5) is 17.6. The number of nitrogens with zero attached hydrogens (tertiary/aromatic N) is 2. The van der Waals surface area contributed by atoms with E-state index in [9.17, 15) is 4.79 Å². The average molecular weight is 429 g/mol. The molecule has 2 bridgehead atoms. The molecule has 5 heteroatoms. The predicted molar refractivity (Wildman–Crippen MR) is 96.4 cm³/mol. The van der Waals surface area contributed by atoms with Gasteiger partial charge in [-0.2, -0.15) is 0 Å². The second kappa shape index (κ2) is 7.10. The van der Waals surface area contributed by atoms with Gasteiger partial charge >= 0.3 is 146 Å². The zero-order valence-corrected chi connectivity index (χ0v) is 18.1. The van der Waals surface area contributed by atoms with Crippen LogP contribution in [0.4, 0.5) is 4.79 Å². The van der Waals surface area contributed by atoms with Crippen molar-refractivity contribution >= 4 is 24.5 Å². The van der Waals surface area contributed by atoms with Crippen LogP contribution in [0, 0.1) is 0 Å². The van der Waals surface area contributed by atoms with Crippen LogP contribution in [0.2, 0.25) is 13.3 Å². The molecule has 0 aliphatic carbocycles. The van der Waals surface area contributed by atoms with Crippen LogP contribution >= 0.6 is 0 Å². The molecule has 0 aromatic heterocycles. The molecule has 4 rings (SSSR count). The maximum atomic E-state index is 12.8. The molecule has 1 atom stereocenters. The van der Waals surface area contributed by atoms with Gasteiger partial charge in [-0.1, -0.05) is 0 Å². The monoisotopic (exact) mass is 430 g/mol. The fourth-order valence-corrected chi connectivity index (χ4v) is 22.4. The van der Waals surface area contributed by atoms with Crippen molar-refractivity contribution < 1.29 is 9.53 Å². The Hall–Kier alpha value is 0.0287. The normalized spacial score (nSPS) is 35.5. The number of ether oxygens (including phenoxy) is 1. The van der Waals surface area contributed by atoms with Crippen LogP contribution in [0.1, 0.15) is 52.9 Å². The first-order valence-corrected chi connectivity index (χ1v) is 17.3. The third-order valence-electron chi connectivity index (χ3n) is 6.03. The molecule has 4 saturated heterocycles. The molecule has 0 radical (unpaired) electrons. The first-order chi connectivity index (χ1) is 10.9. The molecule has 23 heavy (non-hydrogen) atoms. The molecular formula is C18H34N2O2Sn. The summed E-state index contributed by atoms with van der Waals surface area (Å²) in [7, 11) is 0. The van der Waals surface area contributed by atoms with Gasteiger partial charge < -0.3 is 0 Å². The molecule has 0 unspecified atom stereocenters. The quantitative estimate of drug-likeness (QED) is 0.594. The number of carbonyl (C=O) groups excluding carboxylic acids is 1. The van der Waals surface area contributed by atoms with Crippen molar-refractivity contribution in [2.45, 2.75) is 75.8 Å². The zero-order chi connectivity index (χ0) is 16.5. The summed E-state index contributed by atoms with van der Waals surface area (Å²) in [6.07, 6.45) is 6.57. The number of hydrogen-bond donors (Lipinski definition) is 0. The molecule has 4 aliphatic heterocycles. The number of rotatable bonds is 1. The maximum absolute atomic E-state index is 12.8. The Morgan fingerprint density at radius 2 is 1.52 bits per heavy atom. The third-order valence-corrected chi connectivity index (χ3v) is 23.3. The van der Waals surface area contributed by atoms with E-state index in [-0.39, 0.29) is 11.7 Å². The standard InChI is InChI=1S/C9H16NO2.C9H18N.Sn/c1-9(2,3)12-8(11)10-6-4-5-7-10;1-4-7-10(8-5-2)9-6-3;/h6H,4-5,7H2,1-3H3;1-9H2;. The summed E-state index contributed by atoms with van der Waals surface area (Å²) in [5.41, 5.74) is -0.375. The van der Waals surface area contributed by atoms with E-state index in [2.05, 4.69) is 9.80 Å². The van der Waals surface area contributed by atoms with Gasteiger partial charge in [0.2, 0.25) is 0 Å². The van der Waals surface area contributed by atoms with Crippen molar-refractivity contribution in [3.63, 3.8) is 0 Å². The van der Waals surface area contributed by atoms with Gasteiger partial charge in [0.15, 0.2) is 0 Å². The minimum atomic E-state index is -2.29. The van der Waals surface area contributed by atoms with Crippen LogP contribution in [0.25, 0.3) is 0 Å². The van der Waals surface area contributed by atoms with E-state index in [1.165, 1.54) is 65.0 Å². The van der Waals surface area contributed by atoms with Crippen LogP contribution in [-0.2, 0) is 4.74 Å². The second-order valence-electron chi connectivity index (χ2n) is 8.85. The number of amides is 1. The van der Waals surface area contributed by atoms with Crippen molar-refractivity contribution in [3.05, 3.63) is 0 Å². The molecule has 0 aromatic carbocycles. The molecule has 132 valence electrons. The van der Waals surface area contributed by atoms with Gasteiger partial charge in [-0.05, 0) is 0 Å². The van der Waals surface area contributed by atoms with Gasteiger partial charge in [-0.25, -0.2) is 0 Å². The van der Waals surface area contributed by atoms with Crippen molar-refractivity contribution in [2.75, 3.05) is 26.2 Å². The zero-order valence-electron chi connectivity index (χ0n) is 15.3. The Morgan fingerprint density at radius 3 is 2.04 bits per heavy atom. The van der Waals surface area contributed by atoms with Crippen LogP contribution in [0.3, 0.4) is 0 Å². The van der Waals surface area contributed by atoms with Gasteiger partial charge in [0.05, 0.1) is 0 Å². The fourth-order valence-electron chi connectivity index (χ4n) is 5.12. The van der Waals surface area contributed by atoms with Crippen LogP contribution < -0.4 is 0 Å². The first-order valence-electron chi connectivity index (χ1n) is 9.62. The Bertz CT molecular complexity index is 409. The molecule has 0 aromatic rings. The van der Waals surface area contributed by atoms with E-state index >= 15 is 0 Å². The van der Waals surface area contributed by atoms with E-state index in [0.717, 1.165) is 6.54 Å². The molecule has 0 N–H and O–H groups in total. The SMILES string of the molecule is CC(C)(C)OC(=O)N1CCC[C@@H]1[Sn]12[CH2]CCN(CC[CH2]1)CC[CH2]2. The van der Waals surface area contributed by atoms with E-state index in [1.807, 2.05) is 20.8 Å². The van der Waals surface area contributed by atoms with Crippen LogP contribution in [0.15, 0.2) is 0 Å². The summed E-state index contributed by atoms with van der Waals surface area (Å²) in [5.74, 6) is 0. The Balaban J connectivity index is 1.78. The molecule has 4 heterocycles. The van der Waals surface area contributed by atoms with Gasteiger partial charge in [0, 0.05) is 0 Å². The molecule has 4 fully saturated rings. The van der Waals surface area contributed by atoms with Crippen molar-refractivity contribution in [2.24, 2.45) is 0 Å². The third kappa shape index (κ3) is 4.17. The van der Waals surface area contributed by atoms with Crippen molar-refractivity contribution in [3.8, 4) is 0 Å². The van der Waals surface area contributed by atoms with Gasteiger partial charge in [0.25, 0.3) is 0 Å². The van der Waals surface area contributed by atoms with Crippen molar-refractivity contribution in [1.29, 1.82) is 0 Å². The second-order valence-corrected chi connectivity index (χ2v) is 22.8. The first kappa shape index (κ1) is 17.8. The molecule has 4 nitrogen and oxygen atoms in total. The minimum absolute atomic E-state index is 0.0307. The van der Waals surface area contributed by atoms with Crippen LogP contribution in [-0.4, -0.2) is 70.1 Å². The predicted octanol–water partition coefficient (Wildman–Crippen LogP) is 3.87.